The molecule has 0 aliphatic heterocycles. The van der Waals surface area contributed by atoms with Crippen LogP contribution in [0.2, 0.25) is 0 Å². The van der Waals surface area contributed by atoms with Gasteiger partial charge in [0, 0.05) is 12.3 Å². The maximum absolute atomic E-state index is 13.9. The van der Waals surface area contributed by atoms with E-state index >= 15 is 0 Å². The molecule has 1 rings (SSSR count). The van der Waals surface area contributed by atoms with Gasteiger partial charge in [-0.1, -0.05) is 38.1 Å². The molecule has 260 valence electrons. The van der Waals surface area contributed by atoms with Crippen molar-refractivity contribution in [3.8, 4) is 5.75 Å². The van der Waals surface area contributed by atoms with Gasteiger partial charge in [-0.2, -0.15) is 65.9 Å². The summed E-state index contributed by atoms with van der Waals surface area (Å²) < 4.78 is 210. The van der Waals surface area contributed by atoms with Gasteiger partial charge in [-0.25, -0.2) is 0 Å². The first-order valence-electron chi connectivity index (χ1n) is 13.0. The number of benzene rings is 1. The van der Waals surface area contributed by atoms with Crippen LogP contribution in [0.1, 0.15) is 45.6 Å². The zero-order valence-electron chi connectivity index (χ0n) is 23.7. The number of halogens is 15. The first kappa shape index (κ1) is 40.4. The number of hydrogen-bond donors (Lipinski definition) is 0. The minimum absolute atomic E-state index is 0.0273. The van der Waals surface area contributed by atoms with Crippen LogP contribution in [-0.2, 0) is 16.1 Å². The highest BCUT2D eigenvalue weighted by molar-refractivity contribution is 5.52. The third-order valence-electron chi connectivity index (χ3n) is 6.65. The van der Waals surface area contributed by atoms with Crippen molar-refractivity contribution in [2.45, 2.75) is 94.5 Å². The molecule has 0 bridgehead atoms. The Kier molecular flexibility index (Phi) is 12.9. The molecule has 1 aromatic carbocycles. The molecule has 0 aromatic heterocycles. The molecule has 0 N–H and O–H groups in total. The third kappa shape index (κ3) is 8.58. The summed E-state index contributed by atoms with van der Waals surface area (Å²) in [4.78, 5) is 10.6. The molecule has 0 aliphatic carbocycles. The first-order chi connectivity index (χ1) is 20.2. The third-order valence-corrected chi connectivity index (χ3v) is 6.65. The number of hydrogen-bond acceptors (Lipinski definition) is 3. The molecule has 0 radical (unpaired) electrons. The van der Waals surface area contributed by atoms with Crippen LogP contribution in [0.5, 0.6) is 5.75 Å². The van der Waals surface area contributed by atoms with Gasteiger partial charge >= 0.3 is 41.7 Å². The first-order valence-corrected chi connectivity index (χ1v) is 13.0. The minimum atomic E-state index is -8.30. The Morgan fingerprint density at radius 3 is 1.69 bits per heavy atom. The molecule has 45 heavy (non-hydrogen) atoms. The average Bonchev–Trinajstić information content (AvgIpc) is 2.93. The second-order valence-electron chi connectivity index (χ2n) is 10.3. The van der Waals surface area contributed by atoms with Crippen LogP contribution >= 0.6 is 0 Å². The molecule has 0 spiro atoms. The number of allylic oxidation sites excluding steroid dienone is 1. The van der Waals surface area contributed by atoms with Crippen molar-refractivity contribution < 1.29 is 80.1 Å². The fourth-order valence-electron chi connectivity index (χ4n) is 3.42. The predicted octanol–water partition coefficient (Wildman–Crippen LogP) is 9.54. The lowest BCUT2D eigenvalue weighted by Crippen LogP contribution is -2.72. The zero-order valence-corrected chi connectivity index (χ0v) is 23.7. The quantitative estimate of drug-likeness (QED) is 0.0668. The highest BCUT2D eigenvalue weighted by atomic mass is 19.4. The normalized spacial score (nSPS) is 16.5. The van der Waals surface area contributed by atoms with Gasteiger partial charge in [0.25, 0.3) is 0 Å². The van der Waals surface area contributed by atoms with Crippen molar-refractivity contribution in [3.05, 3.63) is 42.0 Å². The van der Waals surface area contributed by atoms with Crippen molar-refractivity contribution in [1.29, 1.82) is 0 Å². The van der Waals surface area contributed by atoms with Gasteiger partial charge in [0.2, 0.25) is 0 Å². The summed E-state index contributed by atoms with van der Waals surface area (Å²) in [5.74, 6) is -46.7. The van der Waals surface area contributed by atoms with Gasteiger partial charge in [-0.3, -0.25) is 0 Å². The predicted molar refractivity (Wildman–Crippen MR) is 129 cm³/mol. The molecule has 1 aromatic rings. The monoisotopic (exact) mass is 686 g/mol. The molecule has 0 aliphatic rings. The summed E-state index contributed by atoms with van der Waals surface area (Å²) in [6.07, 6.45) is -6.57. The maximum Gasteiger partial charge on any atom is 0.460 e. The Balaban J connectivity index is 2.80. The highest BCUT2D eigenvalue weighted by Crippen LogP contribution is 2.62. The van der Waals surface area contributed by atoms with E-state index < -0.39 is 61.2 Å². The number of carbonyl (C=O) groups excluding carboxylic acids is 1. The standard InChI is InChI=1S/C27H29F15O3/c1-16(14-43)6-4-7-17(2)18(3)45-15-19-8-10-20(11-9-19)44-13-5-12-21(28,29)22(30,31)23(32,33)24(34,35)25(36,37)26(38,39)27(40,41)42/h4,7-11,14,16-18H,5-6,12-13,15H2,1-3H3/b7-4+/t16-,17-,18+/m1/s1. The number of aldehydes is 1. The van der Waals surface area contributed by atoms with E-state index in [-0.39, 0.29) is 30.3 Å². The van der Waals surface area contributed by atoms with Gasteiger partial charge in [0.05, 0.1) is 19.3 Å². The van der Waals surface area contributed by atoms with Gasteiger partial charge in [-0.15, -0.1) is 0 Å². The molecule has 18 heteroatoms. The van der Waals surface area contributed by atoms with E-state index in [9.17, 15) is 70.7 Å². The van der Waals surface area contributed by atoms with Crippen LogP contribution in [0.4, 0.5) is 65.9 Å². The second-order valence-corrected chi connectivity index (χ2v) is 10.3. The number of rotatable bonds is 18. The average molecular weight is 686 g/mol. The summed E-state index contributed by atoms with van der Waals surface area (Å²) in [5, 5.41) is 0. The van der Waals surface area contributed by atoms with Crippen LogP contribution in [0, 0.1) is 11.8 Å². The van der Waals surface area contributed by atoms with Crippen LogP contribution in [0.15, 0.2) is 36.4 Å². The van der Waals surface area contributed by atoms with Gasteiger partial charge in [0.15, 0.2) is 0 Å². The summed E-state index contributed by atoms with van der Waals surface area (Å²) >= 11 is 0. The summed E-state index contributed by atoms with van der Waals surface area (Å²) in [6.45, 7) is 4.56. The van der Waals surface area contributed by atoms with E-state index in [4.69, 9.17) is 9.47 Å². The van der Waals surface area contributed by atoms with E-state index in [2.05, 4.69) is 0 Å². The van der Waals surface area contributed by atoms with E-state index in [1.54, 1.807) is 13.8 Å². The Labute approximate surface area is 247 Å². The van der Waals surface area contributed by atoms with Crippen LogP contribution in [0.3, 0.4) is 0 Å². The van der Waals surface area contributed by atoms with E-state index in [0.717, 1.165) is 6.29 Å². The number of ether oxygens (including phenoxy) is 2. The highest BCUT2D eigenvalue weighted by Gasteiger charge is 2.93. The Hall–Kier alpha value is -2.66. The Morgan fingerprint density at radius 1 is 0.711 bits per heavy atom. The van der Waals surface area contributed by atoms with E-state index in [1.807, 2.05) is 19.1 Å². The van der Waals surface area contributed by atoms with E-state index in [0.29, 0.717) is 12.0 Å². The topological polar surface area (TPSA) is 35.5 Å². The fourth-order valence-corrected chi connectivity index (χ4v) is 3.42. The fraction of sp³-hybridized carbons (Fsp3) is 0.667. The van der Waals surface area contributed by atoms with Crippen molar-refractivity contribution in [2.75, 3.05) is 6.61 Å². The molecule has 0 heterocycles. The van der Waals surface area contributed by atoms with E-state index in [1.165, 1.54) is 24.3 Å². The van der Waals surface area contributed by atoms with Gasteiger partial charge in [-0.05, 0) is 43.4 Å². The molecule has 3 nitrogen and oxygen atoms in total. The summed E-state index contributed by atoms with van der Waals surface area (Å²) in [5.41, 5.74) is 0.585. The molecule has 0 saturated heterocycles. The smallest absolute Gasteiger partial charge is 0.460 e. The van der Waals surface area contributed by atoms with Crippen molar-refractivity contribution in [2.24, 2.45) is 11.8 Å². The minimum Gasteiger partial charge on any atom is -0.494 e. The molecule has 0 amide bonds. The lowest BCUT2D eigenvalue weighted by molar-refractivity contribution is -0.452. The van der Waals surface area contributed by atoms with Gasteiger partial charge in [0.1, 0.15) is 12.0 Å². The van der Waals surface area contributed by atoms with Crippen molar-refractivity contribution in [1.82, 2.24) is 0 Å². The molecule has 0 saturated carbocycles. The van der Waals surface area contributed by atoms with Gasteiger partial charge < -0.3 is 14.3 Å². The maximum atomic E-state index is 13.9. The lowest BCUT2D eigenvalue weighted by Gasteiger charge is -2.41. The molecule has 0 unspecified atom stereocenters. The molecular formula is C27H29F15O3. The van der Waals surface area contributed by atoms with Crippen molar-refractivity contribution in [3.63, 3.8) is 0 Å². The summed E-state index contributed by atoms with van der Waals surface area (Å²) in [7, 11) is 0. The van der Waals surface area contributed by atoms with Crippen LogP contribution < -0.4 is 4.74 Å². The van der Waals surface area contributed by atoms with Crippen molar-refractivity contribution >= 4 is 6.29 Å². The molecule has 3 atom stereocenters. The molecule has 0 fully saturated rings. The number of alkyl halides is 15. The Morgan fingerprint density at radius 2 is 1.20 bits per heavy atom. The molecular weight excluding hydrogens is 657 g/mol. The zero-order chi connectivity index (χ0) is 35.3. The lowest BCUT2D eigenvalue weighted by atomic mass is 9.90. The SMILES string of the molecule is C[C@H](/C=C/C[C@@H](C)C=O)[C@H](C)OCc1ccc(OCCCC(F)(F)C(F)(F)C(F)(F)C(F)(F)C(F)(F)C(F)(F)C(F)(F)F)cc1. The van der Waals surface area contributed by atoms with Crippen LogP contribution in [0.25, 0.3) is 0 Å². The number of carbonyl (C=O) groups is 1. The van der Waals surface area contributed by atoms with Crippen LogP contribution in [-0.4, -0.2) is 60.7 Å². The largest absolute Gasteiger partial charge is 0.494 e. The summed E-state index contributed by atoms with van der Waals surface area (Å²) in [6, 6.07) is 5.41. The Bertz CT molecular complexity index is 1120. The second kappa shape index (κ2) is 14.4.